The van der Waals surface area contributed by atoms with E-state index in [1.807, 2.05) is 78.9 Å². The highest BCUT2D eigenvalue weighted by molar-refractivity contribution is 6.40. The number of carbonyl (C=O) groups is 2. The van der Waals surface area contributed by atoms with E-state index in [0.29, 0.717) is 11.4 Å². The van der Waals surface area contributed by atoms with Gasteiger partial charge < -0.3 is 11.1 Å². The maximum absolute atomic E-state index is 13.1. The molecule has 30 heavy (non-hydrogen) atoms. The summed E-state index contributed by atoms with van der Waals surface area (Å²) in [6.45, 7) is 0. The molecule has 1 aromatic heterocycles. The zero-order valence-electron chi connectivity index (χ0n) is 16.2. The number of hydrazone groups is 1. The van der Waals surface area contributed by atoms with Crippen LogP contribution < -0.4 is 16.1 Å². The molecule has 4 rings (SSSR count). The van der Waals surface area contributed by atoms with Crippen LogP contribution in [0.2, 0.25) is 0 Å². The lowest BCUT2D eigenvalue weighted by Crippen LogP contribution is -2.40. The van der Waals surface area contributed by atoms with Crippen LogP contribution in [0, 0.1) is 0 Å². The van der Waals surface area contributed by atoms with Crippen molar-refractivity contribution in [1.29, 1.82) is 0 Å². The minimum Gasteiger partial charge on any atom is -0.368 e. The third-order valence-electron chi connectivity index (χ3n) is 4.91. The Morgan fingerprint density at radius 1 is 0.967 bits per heavy atom. The van der Waals surface area contributed by atoms with Crippen LogP contribution in [0.25, 0.3) is 0 Å². The van der Waals surface area contributed by atoms with Gasteiger partial charge >= 0.3 is 0 Å². The summed E-state index contributed by atoms with van der Waals surface area (Å²) in [6, 6.07) is 23.2. The topological polar surface area (TPSA) is 101 Å². The van der Waals surface area contributed by atoms with Gasteiger partial charge in [-0.1, -0.05) is 54.6 Å². The first-order chi connectivity index (χ1) is 14.6. The molecule has 150 valence electrons. The first kappa shape index (κ1) is 19.3. The van der Waals surface area contributed by atoms with Crippen molar-refractivity contribution in [3.63, 3.8) is 0 Å². The van der Waals surface area contributed by atoms with Crippen molar-refractivity contribution in [2.24, 2.45) is 10.8 Å². The number of para-hydroxylation sites is 1. The average Bonchev–Trinajstić information content (AvgIpc) is 3.25. The molecule has 0 radical (unpaired) electrons. The highest BCUT2D eigenvalue weighted by Gasteiger charge is 2.35. The van der Waals surface area contributed by atoms with E-state index in [-0.39, 0.29) is 18.0 Å². The zero-order chi connectivity index (χ0) is 20.9. The van der Waals surface area contributed by atoms with Gasteiger partial charge in [-0.2, -0.15) is 5.10 Å². The van der Waals surface area contributed by atoms with Gasteiger partial charge in [0.1, 0.15) is 11.8 Å². The number of nitrogens with zero attached hydrogens (tertiary/aromatic N) is 3. The number of benzene rings is 2. The van der Waals surface area contributed by atoms with Crippen LogP contribution in [-0.2, 0) is 9.59 Å². The maximum Gasteiger partial charge on any atom is 0.268 e. The molecule has 3 aromatic rings. The smallest absolute Gasteiger partial charge is 0.268 e. The molecule has 0 spiro atoms. The zero-order valence-corrected chi connectivity index (χ0v) is 16.2. The SMILES string of the molecule is NC(=O)[C@@H]1CC(C(=O)N[C@H](c2ccccc2)c2ccccn2)=NN1c1ccccc1. The summed E-state index contributed by atoms with van der Waals surface area (Å²) in [5.41, 5.74) is 8.14. The number of nitrogens with one attached hydrogen (secondary N) is 1. The number of aromatic nitrogens is 1. The number of rotatable bonds is 6. The highest BCUT2D eigenvalue weighted by Crippen LogP contribution is 2.25. The average molecular weight is 399 g/mol. The lowest BCUT2D eigenvalue weighted by molar-refractivity contribution is -0.119. The molecular weight excluding hydrogens is 378 g/mol. The number of carbonyl (C=O) groups excluding carboxylic acids is 2. The molecule has 0 aliphatic carbocycles. The molecule has 2 aromatic carbocycles. The molecule has 7 nitrogen and oxygen atoms in total. The molecule has 2 atom stereocenters. The minimum absolute atomic E-state index is 0.139. The van der Waals surface area contributed by atoms with Gasteiger partial charge in [0.05, 0.1) is 17.4 Å². The number of amides is 2. The molecule has 2 amide bonds. The molecule has 0 unspecified atom stereocenters. The van der Waals surface area contributed by atoms with Crippen LogP contribution in [0.3, 0.4) is 0 Å². The second-order valence-corrected chi connectivity index (χ2v) is 6.92. The highest BCUT2D eigenvalue weighted by atomic mass is 16.2. The minimum atomic E-state index is -0.710. The summed E-state index contributed by atoms with van der Waals surface area (Å²) in [6.07, 6.45) is 1.82. The van der Waals surface area contributed by atoms with Crippen molar-refractivity contribution in [1.82, 2.24) is 10.3 Å². The van der Waals surface area contributed by atoms with Crippen LogP contribution in [0.15, 0.2) is 90.2 Å². The molecule has 7 heteroatoms. The fourth-order valence-electron chi connectivity index (χ4n) is 3.42. The van der Waals surface area contributed by atoms with E-state index in [0.717, 1.165) is 5.56 Å². The molecular formula is C23H21N5O2. The molecule has 0 fully saturated rings. The first-order valence-corrected chi connectivity index (χ1v) is 9.61. The van der Waals surface area contributed by atoms with E-state index >= 15 is 0 Å². The fraction of sp³-hybridized carbons (Fsp3) is 0.130. The molecule has 0 bridgehead atoms. The Bertz CT molecular complexity index is 1020. The van der Waals surface area contributed by atoms with E-state index in [4.69, 9.17) is 5.73 Å². The monoisotopic (exact) mass is 399 g/mol. The number of primary amides is 1. The molecule has 0 saturated carbocycles. The number of nitrogens with two attached hydrogens (primary N) is 1. The molecule has 3 N–H and O–H groups in total. The quantitative estimate of drug-likeness (QED) is 0.665. The Morgan fingerprint density at radius 2 is 1.63 bits per heavy atom. The van der Waals surface area contributed by atoms with Gasteiger partial charge in [0.25, 0.3) is 5.91 Å². The summed E-state index contributed by atoms with van der Waals surface area (Å²) in [5.74, 6) is -0.895. The summed E-state index contributed by atoms with van der Waals surface area (Å²) >= 11 is 0. The van der Waals surface area contributed by atoms with Gasteiger partial charge in [0.2, 0.25) is 5.91 Å². The van der Waals surface area contributed by atoms with Crippen LogP contribution in [0.4, 0.5) is 5.69 Å². The van der Waals surface area contributed by atoms with Crippen molar-refractivity contribution in [3.8, 4) is 0 Å². The summed E-state index contributed by atoms with van der Waals surface area (Å²) in [5, 5.41) is 8.94. The number of pyridine rings is 1. The maximum atomic E-state index is 13.1. The summed E-state index contributed by atoms with van der Waals surface area (Å²) in [4.78, 5) is 29.5. The lowest BCUT2D eigenvalue weighted by Gasteiger charge is -2.20. The van der Waals surface area contributed by atoms with E-state index in [9.17, 15) is 9.59 Å². The predicted molar refractivity (Wildman–Crippen MR) is 115 cm³/mol. The van der Waals surface area contributed by atoms with Crippen molar-refractivity contribution < 1.29 is 9.59 Å². The Balaban J connectivity index is 1.62. The van der Waals surface area contributed by atoms with Gasteiger partial charge in [0.15, 0.2) is 0 Å². The number of hydrogen-bond donors (Lipinski definition) is 2. The van der Waals surface area contributed by atoms with Gasteiger partial charge in [0, 0.05) is 12.6 Å². The van der Waals surface area contributed by atoms with Crippen LogP contribution >= 0.6 is 0 Å². The van der Waals surface area contributed by atoms with Crippen LogP contribution in [0.1, 0.15) is 23.7 Å². The Kier molecular flexibility index (Phi) is 5.52. The Morgan fingerprint density at radius 3 is 2.27 bits per heavy atom. The lowest BCUT2D eigenvalue weighted by atomic mass is 10.0. The first-order valence-electron chi connectivity index (χ1n) is 9.61. The normalized spacial score (nSPS) is 16.6. The van der Waals surface area contributed by atoms with E-state index in [1.165, 1.54) is 5.01 Å². The van der Waals surface area contributed by atoms with Crippen LogP contribution in [-0.4, -0.2) is 28.6 Å². The van der Waals surface area contributed by atoms with Crippen molar-refractivity contribution >= 4 is 23.2 Å². The van der Waals surface area contributed by atoms with E-state index in [1.54, 1.807) is 6.20 Å². The third kappa shape index (κ3) is 4.05. The van der Waals surface area contributed by atoms with E-state index < -0.39 is 18.0 Å². The second-order valence-electron chi connectivity index (χ2n) is 6.92. The van der Waals surface area contributed by atoms with Crippen molar-refractivity contribution in [2.45, 2.75) is 18.5 Å². The molecule has 1 aliphatic rings. The summed E-state index contributed by atoms with van der Waals surface area (Å²) in [7, 11) is 0. The number of hydrogen-bond acceptors (Lipinski definition) is 5. The third-order valence-corrected chi connectivity index (χ3v) is 4.91. The largest absolute Gasteiger partial charge is 0.368 e. The predicted octanol–water partition coefficient (Wildman–Crippen LogP) is 2.41. The van der Waals surface area contributed by atoms with Gasteiger partial charge in [-0.15, -0.1) is 0 Å². The molecule has 0 saturated heterocycles. The van der Waals surface area contributed by atoms with Crippen molar-refractivity contribution in [3.05, 3.63) is 96.3 Å². The Hall–Kier alpha value is -4.00. The van der Waals surface area contributed by atoms with Crippen molar-refractivity contribution in [2.75, 3.05) is 5.01 Å². The second kappa shape index (κ2) is 8.57. The van der Waals surface area contributed by atoms with E-state index in [2.05, 4.69) is 15.4 Å². The van der Waals surface area contributed by atoms with Crippen LogP contribution in [0.5, 0.6) is 0 Å². The van der Waals surface area contributed by atoms with Gasteiger partial charge in [-0.3, -0.25) is 19.6 Å². The van der Waals surface area contributed by atoms with Gasteiger partial charge in [-0.05, 0) is 29.8 Å². The standard InChI is InChI=1S/C23H21N5O2/c24-22(29)20-15-19(27-28(20)17-11-5-2-6-12-17)23(30)26-21(16-9-3-1-4-10-16)18-13-7-8-14-25-18/h1-14,20-21H,15H2,(H2,24,29)(H,26,30)/t20-,21+/m0/s1. The number of anilines is 1. The van der Waals surface area contributed by atoms with Gasteiger partial charge in [-0.25, -0.2) is 0 Å². The molecule has 1 aliphatic heterocycles. The molecule has 2 heterocycles. The fourth-order valence-corrected chi connectivity index (χ4v) is 3.42. The summed E-state index contributed by atoms with van der Waals surface area (Å²) < 4.78 is 0. The Labute approximate surface area is 174 Å².